The largest absolute Gasteiger partial charge is 0.417 e. The van der Waals surface area contributed by atoms with Crippen LogP contribution in [0, 0.1) is 0 Å². The zero-order chi connectivity index (χ0) is 12.3. The first-order valence-corrected chi connectivity index (χ1v) is 4.92. The maximum absolute atomic E-state index is 12.4. The van der Waals surface area contributed by atoms with Crippen molar-refractivity contribution in [3.05, 3.63) is 34.3 Å². The Hall–Kier alpha value is -0.810. The van der Waals surface area contributed by atoms with Crippen molar-refractivity contribution in [2.24, 2.45) is 5.73 Å². The molecule has 6 heteroatoms. The molecule has 0 aliphatic rings. The van der Waals surface area contributed by atoms with Gasteiger partial charge in [-0.15, -0.1) is 0 Å². The van der Waals surface area contributed by atoms with Crippen LogP contribution in [0.25, 0.3) is 0 Å². The summed E-state index contributed by atoms with van der Waals surface area (Å²) < 4.78 is 49.1. The van der Waals surface area contributed by atoms with Crippen LogP contribution in [0.1, 0.15) is 23.6 Å². The van der Waals surface area contributed by atoms with E-state index in [1.165, 1.54) is 6.07 Å². The standard InChI is InChI=1S/C10H10ClF4N/c11-8-5-6(9(16)3-4-12)1-2-7(8)10(13,14)15/h1-2,5,9H,3-4,16H2/t9-/m0/s1. The Balaban J connectivity index is 3.00. The molecule has 0 saturated heterocycles. The summed E-state index contributed by atoms with van der Waals surface area (Å²) in [6, 6.07) is 2.57. The third kappa shape index (κ3) is 3.09. The zero-order valence-corrected chi connectivity index (χ0v) is 8.95. The predicted octanol–water partition coefficient (Wildman–Crippen LogP) is 3.72. The van der Waals surface area contributed by atoms with Gasteiger partial charge in [0.05, 0.1) is 17.3 Å². The molecule has 16 heavy (non-hydrogen) atoms. The van der Waals surface area contributed by atoms with Crippen LogP contribution in [0.15, 0.2) is 18.2 Å². The number of hydrogen-bond acceptors (Lipinski definition) is 1. The molecular weight excluding hydrogens is 246 g/mol. The van der Waals surface area contributed by atoms with E-state index in [0.717, 1.165) is 12.1 Å². The van der Waals surface area contributed by atoms with Crippen molar-refractivity contribution >= 4 is 11.6 Å². The van der Waals surface area contributed by atoms with E-state index in [9.17, 15) is 17.6 Å². The Bertz CT molecular complexity index is 364. The van der Waals surface area contributed by atoms with Gasteiger partial charge in [0.15, 0.2) is 0 Å². The third-order valence-electron chi connectivity index (χ3n) is 2.15. The lowest BCUT2D eigenvalue weighted by Gasteiger charge is -2.13. The lowest BCUT2D eigenvalue weighted by atomic mass is 10.0. The van der Waals surface area contributed by atoms with E-state index >= 15 is 0 Å². The first-order valence-electron chi connectivity index (χ1n) is 4.54. The van der Waals surface area contributed by atoms with E-state index in [0.29, 0.717) is 5.56 Å². The number of rotatable bonds is 3. The summed E-state index contributed by atoms with van der Waals surface area (Å²) in [5.41, 5.74) is 5.04. The van der Waals surface area contributed by atoms with Gasteiger partial charge in [-0.05, 0) is 24.1 Å². The Morgan fingerprint density at radius 2 is 1.94 bits per heavy atom. The van der Waals surface area contributed by atoms with E-state index in [1.54, 1.807) is 0 Å². The summed E-state index contributed by atoms with van der Waals surface area (Å²) in [6.45, 7) is -0.625. The Morgan fingerprint density at radius 1 is 1.31 bits per heavy atom. The fraction of sp³-hybridized carbons (Fsp3) is 0.400. The molecule has 2 N–H and O–H groups in total. The molecule has 1 rings (SSSR count). The summed E-state index contributed by atoms with van der Waals surface area (Å²) in [5.74, 6) is 0. The van der Waals surface area contributed by atoms with Gasteiger partial charge < -0.3 is 5.73 Å². The topological polar surface area (TPSA) is 26.0 Å². The van der Waals surface area contributed by atoms with Gasteiger partial charge in [-0.1, -0.05) is 17.7 Å². The second-order valence-corrected chi connectivity index (χ2v) is 3.73. The predicted molar refractivity (Wildman–Crippen MR) is 54.0 cm³/mol. The van der Waals surface area contributed by atoms with Gasteiger partial charge in [0, 0.05) is 6.04 Å². The smallest absolute Gasteiger partial charge is 0.324 e. The number of benzene rings is 1. The third-order valence-corrected chi connectivity index (χ3v) is 2.46. The first-order chi connectivity index (χ1) is 7.36. The Kier molecular flexibility index (Phi) is 4.15. The molecular formula is C10H10ClF4N. The molecule has 0 aromatic heterocycles. The van der Waals surface area contributed by atoms with Gasteiger partial charge in [0.1, 0.15) is 0 Å². The molecule has 0 bridgehead atoms. The fourth-order valence-electron chi connectivity index (χ4n) is 1.28. The molecule has 0 aliphatic carbocycles. The monoisotopic (exact) mass is 255 g/mol. The summed E-state index contributed by atoms with van der Waals surface area (Å²) in [6.07, 6.45) is -4.43. The second-order valence-electron chi connectivity index (χ2n) is 3.32. The molecule has 1 nitrogen and oxygen atoms in total. The van der Waals surface area contributed by atoms with E-state index in [2.05, 4.69) is 0 Å². The molecule has 1 aromatic carbocycles. The van der Waals surface area contributed by atoms with E-state index in [1.807, 2.05) is 0 Å². The van der Waals surface area contributed by atoms with Crippen LogP contribution in [-0.4, -0.2) is 6.67 Å². The molecule has 0 fully saturated rings. The van der Waals surface area contributed by atoms with Crippen molar-refractivity contribution < 1.29 is 17.6 Å². The Morgan fingerprint density at radius 3 is 2.38 bits per heavy atom. The van der Waals surface area contributed by atoms with E-state index in [-0.39, 0.29) is 6.42 Å². The second kappa shape index (κ2) is 5.01. The maximum Gasteiger partial charge on any atom is 0.417 e. The summed E-state index contributed by atoms with van der Waals surface area (Å²) >= 11 is 5.49. The summed E-state index contributed by atoms with van der Waals surface area (Å²) in [5, 5.41) is -0.417. The highest BCUT2D eigenvalue weighted by Gasteiger charge is 2.33. The van der Waals surface area contributed by atoms with E-state index < -0.39 is 29.5 Å². The van der Waals surface area contributed by atoms with Crippen LogP contribution >= 0.6 is 11.6 Å². The molecule has 0 heterocycles. The van der Waals surface area contributed by atoms with Gasteiger partial charge in [-0.3, -0.25) is 4.39 Å². The number of nitrogens with two attached hydrogens (primary N) is 1. The van der Waals surface area contributed by atoms with Crippen LogP contribution in [0.3, 0.4) is 0 Å². The summed E-state index contributed by atoms with van der Waals surface area (Å²) in [7, 11) is 0. The Labute approximate surface area is 95.2 Å². The molecule has 0 radical (unpaired) electrons. The maximum atomic E-state index is 12.4. The van der Waals surface area contributed by atoms with Crippen LogP contribution in [0.2, 0.25) is 5.02 Å². The molecule has 1 atom stereocenters. The minimum atomic E-state index is -4.49. The van der Waals surface area contributed by atoms with Crippen molar-refractivity contribution in [2.75, 3.05) is 6.67 Å². The quantitative estimate of drug-likeness (QED) is 0.819. The molecule has 0 spiro atoms. The van der Waals surface area contributed by atoms with Crippen molar-refractivity contribution in [2.45, 2.75) is 18.6 Å². The molecule has 0 saturated carbocycles. The molecule has 0 aliphatic heterocycles. The summed E-state index contributed by atoms with van der Waals surface area (Å²) in [4.78, 5) is 0. The average molecular weight is 256 g/mol. The van der Waals surface area contributed by atoms with Gasteiger partial charge in [-0.2, -0.15) is 13.2 Å². The normalized spacial score (nSPS) is 13.9. The van der Waals surface area contributed by atoms with Gasteiger partial charge >= 0.3 is 6.18 Å². The van der Waals surface area contributed by atoms with Crippen molar-refractivity contribution in [1.82, 2.24) is 0 Å². The van der Waals surface area contributed by atoms with Crippen LogP contribution in [0.5, 0.6) is 0 Å². The van der Waals surface area contributed by atoms with Crippen molar-refractivity contribution in [1.29, 1.82) is 0 Å². The lowest BCUT2D eigenvalue weighted by Crippen LogP contribution is -2.12. The number of hydrogen-bond donors (Lipinski definition) is 1. The van der Waals surface area contributed by atoms with Crippen molar-refractivity contribution in [3.63, 3.8) is 0 Å². The van der Waals surface area contributed by atoms with Crippen LogP contribution in [-0.2, 0) is 6.18 Å². The highest BCUT2D eigenvalue weighted by atomic mass is 35.5. The molecule has 1 aromatic rings. The van der Waals surface area contributed by atoms with Crippen LogP contribution in [0.4, 0.5) is 17.6 Å². The highest BCUT2D eigenvalue weighted by Crippen LogP contribution is 2.35. The molecule has 90 valence electrons. The van der Waals surface area contributed by atoms with E-state index in [4.69, 9.17) is 17.3 Å². The van der Waals surface area contributed by atoms with Gasteiger partial charge in [0.25, 0.3) is 0 Å². The number of alkyl halides is 4. The van der Waals surface area contributed by atoms with Gasteiger partial charge in [0.2, 0.25) is 0 Å². The minimum Gasteiger partial charge on any atom is -0.324 e. The molecule has 0 unspecified atom stereocenters. The average Bonchev–Trinajstić information content (AvgIpc) is 2.16. The highest BCUT2D eigenvalue weighted by molar-refractivity contribution is 6.31. The van der Waals surface area contributed by atoms with Crippen molar-refractivity contribution in [3.8, 4) is 0 Å². The first kappa shape index (κ1) is 13.3. The molecule has 0 amide bonds. The van der Waals surface area contributed by atoms with Crippen LogP contribution < -0.4 is 5.73 Å². The number of halogens is 5. The minimum absolute atomic E-state index is 0.0572. The fourth-order valence-corrected chi connectivity index (χ4v) is 1.57. The zero-order valence-electron chi connectivity index (χ0n) is 8.19. The SMILES string of the molecule is N[C@@H](CCF)c1ccc(C(F)(F)F)c(Cl)c1. The lowest BCUT2D eigenvalue weighted by molar-refractivity contribution is -0.137. The van der Waals surface area contributed by atoms with Gasteiger partial charge in [-0.25, -0.2) is 0 Å².